The fraction of sp³-hybridized carbons (Fsp3) is 0.857. The summed E-state index contributed by atoms with van der Waals surface area (Å²) in [5.74, 6) is 0.255. The molecule has 2 amide bonds. The van der Waals surface area contributed by atoms with Crippen molar-refractivity contribution in [3.63, 3.8) is 0 Å². The van der Waals surface area contributed by atoms with Gasteiger partial charge in [-0.05, 0) is 24.7 Å². The van der Waals surface area contributed by atoms with Crippen LogP contribution in [0.25, 0.3) is 0 Å². The van der Waals surface area contributed by atoms with Gasteiger partial charge in [0.25, 0.3) is 0 Å². The topological polar surface area (TPSA) is 84.2 Å². The van der Waals surface area contributed by atoms with Crippen molar-refractivity contribution >= 4 is 11.8 Å². The van der Waals surface area contributed by atoms with Gasteiger partial charge in [0.2, 0.25) is 11.8 Å². The second-order valence-electron chi connectivity index (χ2n) is 6.41. The van der Waals surface area contributed by atoms with Gasteiger partial charge in [0.05, 0.1) is 6.04 Å². The van der Waals surface area contributed by atoms with Crippen LogP contribution in [0.5, 0.6) is 0 Å². The van der Waals surface area contributed by atoms with Crippen LogP contribution in [-0.4, -0.2) is 30.9 Å². The van der Waals surface area contributed by atoms with E-state index in [9.17, 15) is 9.59 Å². The van der Waals surface area contributed by atoms with Gasteiger partial charge in [-0.3, -0.25) is 9.59 Å². The van der Waals surface area contributed by atoms with Crippen LogP contribution in [0.3, 0.4) is 0 Å². The summed E-state index contributed by atoms with van der Waals surface area (Å²) in [4.78, 5) is 23.3. The highest BCUT2D eigenvalue weighted by atomic mass is 16.2. The van der Waals surface area contributed by atoms with Crippen molar-refractivity contribution in [2.75, 3.05) is 13.1 Å². The van der Waals surface area contributed by atoms with E-state index in [2.05, 4.69) is 10.6 Å². The molecule has 0 aromatic rings. The lowest BCUT2D eigenvalue weighted by Crippen LogP contribution is -2.49. The lowest BCUT2D eigenvalue weighted by atomic mass is 9.85. The first-order valence-electron chi connectivity index (χ1n) is 7.13. The van der Waals surface area contributed by atoms with Gasteiger partial charge in [0, 0.05) is 19.0 Å². The van der Waals surface area contributed by atoms with Crippen LogP contribution in [0.2, 0.25) is 0 Å². The van der Waals surface area contributed by atoms with Gasteiger partial charge >= 0.3 is 0 Å². The van der Waals surface area contributed by atoms with Crippen LogP contribution in [0, 0.1) is 11.3 Å². The lowest BCUT2D eigenvalue weighted by molar-refractivity contribution is -0.127. The molecule has 110 valence electrons. The van der Waals surface area contributed by atoms with Gasteiger partial charge in [-0.15, -0.1) is 0 Å². The Morgan fingerprint density at radius 1 is 1.21 bits per heavy atom. The van der Waals surface area contributed by atoms with Crippen LogP contribution in [-0.2, 0) is 9.59 Å². The molecular weight excluding hydrogens is 242 g/mol. The Hall–Kier alpha value is -1.10. The van der Waals surface area contributed by atoms with E-state index in [0.29, 0.717) is 13.1 Å². The molecule has 0 bridgehead atoms. The number of hydrogen-bond donors (Lipinski definition) is 3. The standard InChI is InChI=1S/C14H27N3O2/c1-14(2,3)11(15)13(19)17-9-5-8-16-12(18)10-6-4-7-10/h10-11H,4-9,15H2,1-3H3,(H,16,18)(H,17,19)/t11-/m1/s1. The molecule has 0 aliphatic heterocycles. The van der Waals surface area contributed by atoms with E-state index in [-0.39, 0.29) is 23.1 Å². The molecule has 1 aliphatic carbocycles. The molecule has 1 saturated carbocycles. The molecule has 0 unspecified atom stereocenters. The zero-order chi connectivity index (χ0) is 14.5. The third kappa shape index (κ3) is 5.19. The molecule has 1 rings (SSSR count). The number of amides is 2. The molecule has 0 aromatic heterocycles. The number of rotatable bonds is 6. The summed E-state index contributed by atoms with van der Waals surface area (Å²) in [6, 6.07) is -0.503. The van der Waals surface area contributed by atoms with Gasteiger partial charge < -0.3 is 16.4 Å². The van der Waals surface area contributed by atoms with Crippen molar-refractivity contribution in [3.8, 4) is 0 Å². The quantitative estimate of drug-likeness (QED) is 0.623. The first-order valence-corrected chi connectivity index (χ1v) is 7.13. The first-order chi connectivity index (χ1) is 8.82. The van der Waals surface area contributed by atoms with Crippen molar-refractivity contribution in [1.29, 1.82) is 0 Å². The average Bonchev–Trinajstić information content (AvgIpc) is 2.23. The highest BCUT2D eigenvalue weighted by molar-refractivity contribution is 5.82. The number of nitrogens with one attached hydrogen (secondary N) is 2. The Balaban J connectivity index is 2.07. The van der Waals surface area contributed by atoms with Crippen LogP contribution in [0.15, 0.2) is 0 Å². The summed E-state index contributed by atoms with van der Waals surface area (Å²) < 4.78 is 0. The van der Waals surface area contributed by atoms with Crippen LogP contribution >= 0.6 is 0 Å². The van der Waals surface area contributed by atoms with E-state index < -0.39 is 6.04 Å². The molecule has 0 spiro atoms. The molecule has 1 fully saturated rings. The maximum absolute atomic E-state index is 11.7. The molecule has 0 saturated heterocycles. The molecule has 5 heteroatoms. The summed E-state index contributed by atoms with van der Waals surface area (Å²) in [5.41, 5.74) is 5.61. The van der Waals surface area contributed by atoms with Gasteiger partial charge in [-0.25, -0.2) is 0 Å². The fourth-order valence-electron chi connectivity index (χ4n) is 1.83. The molecule has 0 aromatic carbocycles. The van der Waals surface area contributed by atoms with Gasteiger partial charge in [-0.2, -0.15) is 0 Å². The number of nitrogens with two attached hydrogens (primary N) is 1. The first kappa shape index (κ1) is 16.0. The fourth-order valence-corrected chi connectivity index (χ4v) is 1.83. The Morgan fingerprint density at radius 3 is 2.26 bits per heavy atom. The Bertz CT molecular complexity index is 319. The Morgan fingerprint density at radius 2 is 1.79 bits per heavy atom. The third-order valence-corrected chi connectivity index (χ3v) is 3.64. The maximum Gasteiger partial charge on any atom is 0.237 e. The van der Waals surface area contributed by atoms with Crippen LogP contribution in [0.4, 0.5) is 0 Å². The minimum Gasteiger partial charge on any atom is -0.356 e. The molecule has 5 nitrogen and oxygen atoms in total. The molecule has 1 atom stereocenters. The lowest BCUT2D eigenvalue weighted by Gasteiger charge is -2.26. The van der Waals surface area contributed by atoms with Gasteiger partial charge in [0.15, 0.2) is 0 Å². The van der Waals surface area contributed by atoms with E-state index in [1.165, 1.54) is 6.42 Å². The van der Waals surface area contributed by atoms with Crippen molar-refractivity contribution in [2.24, 2.45) is 17.1 Å². The molecular formula is C14H27N3O2. The van der Waals surface area contributed by atoms with E-state index in [0.717, 1.165) is 19.3 Å². The largest absolute Gasteiger partial charge is 0.356 e. The van der Waals surface area contributed by atoms with Gasteiger partial charge in [0.1, 0.15) is 0 Å². The predicted octanol–water partition coefficient (Wildman–Crippen LogP) is 0.782. The number of carbonyl (C=O) groups is 2. The summed E-state index contributed by atoms with van der Waals surface area (Å²) in [5, 5.41) is 5.70. The summed E-state index contributed by atoms with van der Waals surface area (Å²) in [6.07, 6.45) is 3.94. The van der Waals surface area contributed by atoms with Crippen LogP contribution in [0.1, 0.15) is 46.5 Å². The average molecular weight is 269 g/mol. The SMILES string of the molecule is CC(C)(C)[C@H](N)C(=O)NCCCNC(=O)C1CCC1. The highest BCUT2D eigenvalue weighted by Gasteiger charge is 2.27. The van der Waals surface area contributed by atoms with Crippen molar-refractivity contribution in [3.05, 3.63) is 0 Å². The summed E-state index contributed by atoms with van der Waals surface area (Å²) in [7, 11) is 0. The van der Waals surface area contributed by atoms with Gasteiger partial charge in [-0.1, -0.05) is 27.2 Å². The second kappa shape index (κ2) is 6.89. The number of carbonyl (C=O) groups excluding carboxylic acids is 2. The molecule has 0 heterocycles. The third-order valence-electron chi connectivity index (χ3n) is 3.64. The molecule has 4 N–H and O–H groups in total. The minimum atomic E-state index is -0.503. The zero-order valence-electron chi connectivity index (χ0n) is 12.3. The van der Waals surface area contributed by atoms with E-state index in [4.69, 9.17) is 5.73 Å². The number of hydrogen-bond acceptors (Lipinski definition) is 3. The zero-order valence-corrected chi connectivity index (χ0v) is 12.3. The minimum absolute atomic E-state index is 0.127. The predicted molar refractivity (Wildman–Crippen MR) is 75.4 cm³/mol. The second-order valence-corrected chi connectivity index (χ2v) is 6.41. The highest BCUT2D eigenvalue weighted by Crippen LogP contribution is 2.26. The van der Waals surface area contributed by atoms with Crippen molar-refractivity contribution in [1.82, 2.24) is 10.6 Å². The van der Waals surface area contributed by atoms with Crippen molar-refractivity contribution < 1.29 is 9.59 Å². The smallest absolute Gasteiger partial charge is 0.237 e. The van der Waals surface area contributed by atoms with E-state index in [1.54, 1.807) is 0 Å². The van der Waals surface area contributed by atoms with Crippen LogP contribution < -0.4 is 16.4 Å². The Kier molecular flexibility index (Phi) is 5.79. The normalized spacial score (nSPS) is 17.5. The van der Waals surface area contributed by atoms with Crippen molar-refractivity contribution in [2.45, 2.75) is 52.5 Å². The monoisotopic (exact) mass is 269 g/mol. The molecule has 1 aliphatic rings. The summed E-state index contributed by atoms with van der Waals surface area (Å²) in [6.45, 7) is 6.98. The van der Waals surface area contributed by atoms with E-state index >= 15 is 0 Å². The maximum atomic E-state index is 11.7. The van der Waals surface area contributed by atoms with E-state index in [1.807, 2.05) is 20.8 Å². The molecule has 19 heavy (non-hydrogen) atoms. The molecule has 0 radical (unpaired) electrons. The Labute approximate surface area is 115 Å². The summed E-state index contributed by atoms with van der Waals surface area (Å²) >= 11 is 0.